The summed E-state index contributed by atoms with van der Waals surface area (Å²) in [4.78, 5) is 29.4. The average molecular weight is 353 g/mol. The van der Waals surface area contributed by atoms with Crippen LogP contribution in [0.2, 0.25) is 0 Å². The van der Waals surface area contributed by atoms with Crippen LogP contribution in [0.5, 0.6) is 5.75 Å². The van der Waals surface area contributed by atoms with E-state index in [0.29, 0.717) is 11.1 Å². The molecular weight excluding hydrogens is 337 g/mol. The highest BCUT2D eigenvalue weighted by Crippen LogP contribution is 2.16. The number of ether oxygens (including phenoxy) is 1. The molecule has 0 radical (unpaired) electrons. The zero-order chi connectivity index (χ0) is 18.5. The van der Waals surface area contributed by atoms with Gasteiger partial charge in [0.05, 0.1) is 6.20 Å². The van der Waals surface area contributed by atoms with Crippen molar-refractivity contribution in [2.24, 2.45) is 0 Å². The van der Waals surface area contributed by atoms with Crippen molar-refractivity contribution in [2.75, 3.05) is 11.9 Å². The monoisotopic (exact) mass is 353 g/mol. The summed E-state index contributed by atoms with van der Waals surface area (Å²) in [5.41, 5.74) is 0.0195. The molecule has 0 spiro atoms. The predicted molar refractivity (Wildman–Crippen MR) is 94.9 cm³/mol. The minimum absolute atomic E-state index is 0.136. The summed E-state index contributed by atoms with van der Waals surface area (Å²) in [5, 5.41) is 0. The Morgan fingerprint density at radius 1 is 1.12 bits per heavy atom. The number of anilines is 1. The van der Waals surface area contributed by atoms with E-state index in [4.69, 9.17) is 4.74 Å². The van der Waals surface area contributed by atoms with Crippen LogP contribution >= 0.6 is 0 Å². The number of carbonyl (C=O) groups is 1. The van der Waals surface area contributed by atoms with Gasteiger partial charge in [0.25, 0.3) is 0 Å². The number of carbonyl (C=O) groups excluding carboxylic acids is 1. The molecule has 0 amide bonds. The van der Waals surface area contributed by atoms with Crippen LogP contribution < -0.4 is 15.3 Å². The van der Waals surface area contributed by atoms with Gasteiger partial charge in [0.2, 0.25) is 0 Å². The Morgan fingerprint density at radius 2 is 1.73 bits per heavy atom. The quantitative estimate of drug-likeness (QED) is 0.721. The van der Waals surface area contributed by atoms with Crippen LogP contribution in [-0.4, -0.2) is 22.7 Å². The first-order valence-electron chi connectivity index (χ1n) is 7.86. The first-order valence-corrected chi connectivity index (χ1v) is 7.86. The third kappa shape index (κ3) is 3.94. The minimum Gasteiger partial charge on any atom is -0.410 e. The molecule has 3 aromatic rings. The van der Waals surface area contributed by atoms with Crippen LogP contribution in [0, 0.1) is 5.82 Å². The fourth-order valence-corrected chi connectivity index (χ4v) is 2.39. The summed E-state index contributed by atoms with van der Waals surface area (Å²) >= 11 is 0. The second-order valence-electron chi connectivity index (χ2n) is 5.59. The van der Waals surface area contributed by atoms with Gasteiger partial charge in [-0.15, -0.1) is 0 Å². The fraction of sp³-hybridized carbons (Fsp3) is 0.105. The third-order valence-electron chi connectivity index (χ3n) is 3.63. The van der Waals surface area contributed by atoms with Crippen LogP contribution in [-0.2, 0) is 6.54 Å². The lowest BCUT2D eigenvalue weighted by Crippen LogP contribution is -2.34. The van der Waals surface area contributed by atoms with Crippen molar-refractivity contribution >= 4 is 11.9 Å². The van der Waals surface area contributed by atoms with Crippen molar-refractivity contribution in [2.45, 2.75) is 6.54 Å². The maximum atomic E-state index is 14.4. The van der Waals surface area contributed by atoms with Crippen LogP contribution in [0.3, 0.4) is 0 Å². The minimum atomic E-state index is -1.02. The number of benzene rings is 2. The van der Waals surface area contributed by atoms with E-state index in [9.17, 15) is 14.0 Å². The number of rotatable bonds is 4. The van der Waals surface area contributed by atoms with E-state index < -0.39 is 17.6 Å². The molecule has 0 saturated carbocycles. The second kappa shape index (κ2) is 7.60. The SMILES string of the molecule is CN(Cc1ccccc1)c1nc(=O)n(C(=O)Oc2ccccc2)cc1F. The number of nitrogens with zero attached hydrogens (tertiary/aromatic N) is 3. The van der Waals surface area contributed by atoms with Crippen LogP contribution in [0.25, 0.3) is 0 Å². The summed E-state index contributed by atoms with van der Waals surface area (Å²) in [5.74, 6) is -0.689. The second-order valence-corrected chi connectivity index (χ2v) is 5.59. The Morgan fingerprint density at radius 3 is 2.38 bits per heavy atom. The molecule has 0 saturated heterocycles. The topological polar surface area (TPSA) is 64.4 Å². The summed E-state index contributed by atoms with van der Waals surface area (Å²) in [6, 6.07) is 17.6. The molecule has 0 aliphatic rings. The Labute approximate surface area is 149 Å². The summed E-state index contributed by atoms with van der Waals surface area (Å²) in [7, 11) is 1.62. The fourth-order valence-electron chi connectivity index (χ4n) is 2.39. The average Bonchev–Trinajstić information content (AvgIpc) is 2.64. The van der Waals surface area contributed by atoms with Gasteiger partial charge < -0.3 is 9.64 Å². The van der Waals surface area contributed by atoms with E-state index in [2.05, 4.69) is 4.98 Å². The van der Waals surface area contributed by atoms with E-state index in [1.54, 1.807) is 37.4 Å². The van der Waals surface area contributed by atoms with Crippen molar-refractivity contribution in [3.05, 3.63) is 88.7 Å². The Kier molecular flexibility index (Phi) is 5.07. The number of halogens is 1. The molecule has 0 N–H and O–H groups in total. The molecule has 1 heterocycles. The lowest BCUT2D eigenvalue weighted by Gasteiger charge is -2.19. The third-order valence-corrected chi connectivity index (χ3v) is 3.63. The summed E-state index contributed by atoms with van der Waals surface area (Å²) < 4.78 is 19.9. The standard InChI is InChI=1S/C19H16FN3O3/c1-22(12-14-8-4-2-5-9-14)17-16(20)13-23(18(24)21-17)19(25)26-15-10-6-3-7-11-15/h2-11,13H,12H2,1H3. The zero-order valence-electron chi connectivity index (χ0n) is 14.0. The molecule has 3 rings (SSSR count). The molecule has 6 nitrogen and oxygen atoms in total. The molecule has 7 heteroatoms. The first kappa shape index (κ1) is 17.3. The van der Waals surface area contributed by atoms with Crippen molar-refractivity contribution in [1.29, 1.82) is 0 Å². The van der Waals surface area contributed by atoms with E-state index in [1.165, 1.54) is 4.90 Å². The molecule has 1 aromatic heterocycles. The smallest absolute Gasteiger partial charge is 0.410 e. The van der Waals surface area contributed by atoms with Crippen molar-refractivity contribution in [1.82, 2.24) is 9.55 Å². The van der Waals surface area contributed by atoms with Crippen LogP contribution in [0.4, 0.5) is 15.0 Å². The maximum Gasteiger partial charge on any atom is 0.427 e. The van der Waals surface area contributed by atoms with Gasteiger partial charge in [-0.05, 0) is 17.7 Å². The number of para-hydroxylation sites is 1. The molecule has 0 aliphatic heterocycles. The highest BCUT2D eigenvalue weighted by molar-refractivity contribution is 5.73. The van der Waals surface area contributed by atoms with Gasteiger partial charge in [-0.1, -0.05) is 48.5 Å². The number of aromatic nitrogens is 2. The predicted octanol–water partition coefficient (Wildman–Crippen LogP) is 3.07. The zero-order valence-corrected chi connectivity index (χ0v) is 14.0. The van der Waals surface area contributed by atoms with Gasteiger partial charge in [0.15, 0.2) is 11.6 Å². The lowest BCUT2D eigenvalue weighted by molar-refractivity contribution is 0.200. The summed E-state index contributed by atoms with van der Waals surface area (Å²) in [6.07, 6.45) is -0.234. The van der Waals surface area contributed by atoms with Gasteiger partial charge in [0, 0.05) is 13.6 Å². The largest absolute Gasteiger partial charge is 0.427 e. The lowest BCUT2D eigenvalue weighted by atomic mass is 10.2. The molecule has 2 aromatic carbocycles. The van der Waals surface area contributed by atoms with Gasteiger partial charge >= 0.3 is 11.8 Å². The molecule has 0 aliphatic carbocycles. The molecule has 132 valence electrons. The van der Waals surface area contributed by atoms with Crippen LogP contribution in [0.15, 0.2) is 71.7 Å². The maximum absolute atomic E-state index is 14.4. The van der Waals surface area contributed by atoms with Gasteiger partial charge in [-0.3, -0.25) is 0 Å². The van der Waals surface area contributed by atoms with Crippen LogP contribution in [0.1, 0.15) is 5.56 Å². The molecular formula is C19H16FN3O3. The molecule has 0 bridgehead atoms. The van der Waals surface area contributed by atoms with Gasteiger partial charge in [-0.2, -0.15) is 9.55 Å². The Bertz CT molecular complexity index is 959. The van der Waals surface area contributed by atoms with Crippen molar-refractivity contribution in [3.8, 4) is 5.75 Å². The van der Waals surface area contributed by atoms with Crippen molar-refractivity contribution < 1.29 is 13.9 Å². The molecule has 0 unspecified atom stereocenters. The van der Waals surface area contributed by atoms with Gasteiger partial charge in [0.1, 0.15) is 5.75 Å². The molecule has 0 atom stereocenters. The van der Waals surface area contributed by atoms with E-state index in [-0.39, 0.29) is 11.6 Å². The first-order chi connectivity index (χ1) is 12.5. The highest BCUT2D eigenvalue weighted by Gasteiger charge is 2.17. The van der Waals surface area contributed by atoms with E-state index >= 15 is 0 Å². The Hall–Kier alpha value is -3.48. The molecule has 26 heavy (non-hydrogen) atoms. The summed E-state index contributed by atoms with van der Waals surface area (Å²) in [6.45, 7) is 0.364. The number of hydrogen-bond acceptors (Lipinski definition) is 5. The van der Waals surface area contributed by atoms with Gasteiger partial charge in [-0.25, -0.2) is 14.0 Å². The van der Waals surface area contributed by atoms with Crippen molar-refractivity contribution in [3.63, 3.8) is 0 Å². The van der Waals surface area contributed by atoms with E-state index in [0.717, 1.165) is 11.8 Å². The Balaban J connectivity index is 1.82. The number of hydrogen-bond donors (Lipinski definition) is 0. The van der Waals surface area contributed by atoms with E-state index in [1.807, 2.05) is 30.3 Å². The highest BCUT2D eigenvalue weighted by atomic mass is 19.1. The molecule has 0 fully saturated rings. The normalized spacial score (nSPS) is 10.4.